The van der Waals surface area contributed by atoms with Gasteiger partial charge in [0.05, 0.1) is 5.52 Å². The predicted molar refractivity (Wildman–Crippen MR) is 66.7 cm³/mol. The molecule has 1 aromatic carbocycles. The van der Waals surface area contributed by atoms with Crippen LogP contribution in [0, 0.1) is 3.57 Å². The van der Waals surface area contributed by atoms with Gasteiger partial charge in [-0.05, 0) is 47.2 Å². The van der Waals surface area contributed by atoms with Gasteiger partial charge in [-0.15, -0.1) is 5.10 Å². The van der Waals surface area contributed by atoms with Crippen molar-refractivity contribution in [3.8, 4) is 0 Å². The highest BCUT2D eigenvalue weighted by atomic mass is 127. The Kier molecular flexibility index (Phi) is 3.53. The molecule has 5 heteroatoms. The Morgan fingerprint density at radius 3 is 3.13 bits per heavy atom. The van der Waals surface area contributed by atoms with Crippen molar-refractivity contribution < 1.29 is 4.74 Å². The Morgan fingerprint density at radius 1 is 1.47 bits per heavy atom. The van der Waals surface area contributed by atoms with Crippen LogP contribution in [0.25, 0.3) is 11.0 Å². The lowest BCUT2D eigenvalue weighted by atomic mass is 10.3. The highest BCUT2D eigenvalue weighted by Gasteiger charge is 2.03. The molecule has 0 saturated carbocycles. The zero-order chi connectivity index (χ0) is 10.7. The topological polar surface area (TPSA) is 39.9 Å². The highest BCUT2D eigenvalue weighted by Crippen LogP contribution is 2.14. The number of hydrogen-bond donors (Lipinski definition) is 0. The van der Waals surface area contributed by atoms with Gasteiger partial charge in [-0.3, -0.25) is 0 Å². The van der Waals surface area contributed by atoms with Crippen molar-refractivity contribution in [3.05, 3.63) is 21.8 Å². The quantitative estimate of drug-likeness (QED) is 0.640. The second kappa shape index (κ2) is 4.89. The van der Waals surface area contributed by atoms with Crippen molar-refractivity contribution in [2.24, 2.45) is 0 Å². The number of halogens is 1. The number of hydrogen-bond acceptors (Lipinski definition) is 3. The summed E-state index contributed by atoms with van der Waals surface area (Å²) in [6.45, 7) is 1.61. The molecule has 0 atom stereocenters. The molecule has 0 amide bonds. The first kappa shape index (κ1) is 10.8. The molecule has 1 heterocycles. The molecule has 15 heavy (non-hydrogen) atoms. The van der Waals surface area contributed by atoms with E-state index in [2.05, 4.69) is 45.0 Å². The molecule has 2 rings (SSSR count). The number of ether oxygens (including phenoxy) is 1. The van der Waals surface area contributed by atoms with Crippen LogP contribution in [-0.4, -0.2) is 28.7 Å². The van der Waals surface area contributed by atoms with Gasteiger partial charge in [-0.2, -0.15) is 0 Å². The van der Waals surface area contributed by atoms with Crippen LogP contribution in [0.1, 0.15) is 6.42 Å². The minimum Gasteiger partial charge on any atom is -0.385 e. The van der Waals surface area contributed by atoms with E-state index in [9.17, 15) is 0 Å². The number of aryl methyl sites for hydroxylation is 1. The van der Waals surface area contributed by atoms with Crippen LogP contribution in [0.2, 0.25) is 0 Å². The molecule has 2 aromatic rings. The van der Waals surface area contributed by atoms with Crippen molar-refractivity contribution in [1.29, 1.82) is 0 Å². The predicted octanol–water partition coefficient (Wildman–Crippen LogP) is 2.07. The van der Waals surface area contributed by atoms with Gasteiger partial charge < -0.3 is 4.74 Å². The summed E-state index contributed by atoms with van der Waals surface area (Å²) in [6.07, 6.45) is 0.959. The summed E-state index contributed by atoms with van der Waals surface area (Å²) in [6, 6.07) is 6.17. The van der Waals surface area contributed by atoms with E-state index in [1.54, 1.807) is 7.11 Å². The van der Waals surface area contributed by atoms with Gasteiger partial charge in [0.2, 0.25) is 0 Å². The Labute approximate surface area is 102 Å². The normalized spacial score (nSPS) is 11.1. The third-order valence-corrected chi connectivity index (χ3v) is 2.87. The number of aromatic nitrogens is 3. The van der Waals surface area contributed by atoms with E-state index in [0.29, 0.717) is 0 Å². The van der Waals surface area contributed by atoms with Crippen molar-refractivity contribution in [1.82, 2.24) is 15.0 Å². The number of fused-ring (bicyclic) bond motifs is 1. The van der Waals surface area contributed by atoms with Gasteiger partial charge in [0.1, 0.15) is 5.52 Å². The maximum absolute atomic E-state index is 5.01. The van der Waals surface area contributed by atoms with E-state index < -0.39 is 0 Å². The third-order valence-electron chi connectivity index (χ3n) is 2.19. The number of benzene rings is 1. The van der Waals surface area contributed by atoms with E-state index in [1.807, 2.05) is 10.7 Å². The fraction of sp³-hybridized carbons (Fsp3) is 0.400. The summed E-state index contributed by atoms with van der Waals surface area (Å²) in [5.74, 6) is 0. The van der Waals surface area contributed by atoms with Gasteiger partial charge in [0.25, 0.3) is 0 Å². The van der Waals surface area contributed by atoms with Crippen LogP contribution in [-0.2, 0) is 11.3 Å². The molecule has 80 valence electrons. The third kappa shape index (κ3) is 2.46. The number of rotatable bonds is 4. The Hall–Kier alpha value is -0.690. The van der Waals surface area contributed by atoms with Crippen molar-refractivity contribution in [3.63, 3.8) is 0 Å². The van der Waals surface area contributed by atoms with Crippen LogP contribution in [0.5, 0.6) is 0 Å². The monoisotopic (exact) mass is 317 g/mol. The second-order valence-corrected chi connectivity index (χ2v) is 4.54. The van der Waals surface area contributed by atoms with E-state index in [1.165, 1.54) is 3.57 Å². The number of nitrogens with zero attached hydrogens (tertiary/aromatic N) is 3. The maximum Gasteiger partial charge on any atom is 0.114 e. The summed E-state index contributed by atoms with van der Waals surface area (Å²) < 4.78 is 8.11. The van der Waals surface area contributed by atoms with Crippen molar-refractivity contribution in [2.75, 3.05) is 13.7 Å². The standard InChI is InChI=1S/C10H12IN3O/c1-15-6-2-5-14-10-4-3-8(11)7-9(10)12-13-14/h3-4,7H,2,5-6H2,1H3. The minimum absolute atomic E-state index is 0.756. The molecule has 1 aromatic heterocycles. The van der Waals surface area contributed by atoms with Gasteiger partial charge in [-0.25, -0.2) is 4.68 Å². The first-order chi connectivity index (χ1) is 7.31. The minimum atomic E-state index is 0.756. The van der Waals surface area contributed by atoms with Gasteiger partial charge in [0, 0.05) is 23.8 Å². The summed E-state index contributed by atoms with van der Waals surface area (Å²) in [5, 5.41) is 8.24. The Morgan fingerprint density at radius 2 is 2.33 bits per heavy atom. The average molecular weight is 317 g/mol. The smallest absolute Gasteiger partial charge is 0.114 e. The van der Waals surface area contributed by atoms with Gasteiger partial charge >= 0.3 is 0 Å². The molecule has 0 unspecified atom stereocenters. The number of methoxy groups -OCH3 is 1. The lowest BCUT2D eigenvalue weighted by molar-refractivity contribution is 0.189. The van der Waals surface area contributed by atoms with E-state index in [4.69, 9.17) is 4.74 Å². The molecule has 0 aliphatic heterocycles. The molecule has 0 saturated heterocycles. The van der Waals surface area contributed by atoms with E-state index >= 15 is 0 Å². The van der Waals surface area contributed by atoms with Crippen LogP contribution >= 0.6 is 22.6 Å². The lowest BCUT2D eigenvalue weighted by Gasteiger charge is -2.01. The van der Waals surface area contributed by atoms with E-state index in [0.717, 1.165) is 30.6 Å². The zero-order valence-corrected chi connectivity index (χ0v) is 10.6. The summed E-state index contributed by atoms with van der Waals surface area (Å²) in [4.78, 5) is 0. The summed E-state index contributed by atoms with van der Waals surface area (Å²) >= 11 is 2.27. The van der Waals surface area contributed by atoms with Crippen molar-refractivity contribution >= 4 is 33.6 Å². The average Bonchev–Trinajstić information content (AvgIpc) is 2.61. The molecule has 0 fully saturated rings. The second-order valence-electron chi connectivity index (χ2n) is 3.29. The van der Waals surface area contributed by atoms with Crippen LogP contribution in [0.3, 0.4) is 0 Å². The fourth-order valence-corrected chi connectivity index (χ4v) is 1.94. The first-order valence-corrected chi connectivity index (χ1v) is 5.87. The largest absolute Gasteiger partial charge is 0.385 e. The zero-order valence-electron chi connectivity index (χ0n) is 8.48. The highest BCUT2D eigenvalue weighted by molar-refractivity contribution is 14.1. The van der Waals surface area contributed by atoms with Gasteiger partial charge in [-0.1, -0.05) is 5.21 Å². The van der Waals surface area contributed by atoms with Crippen LogP contribution in [0.4, 0.5) is 0 Å². The molecule has 0 spiro atoms. The Balaban J connectivity index is 2.21. The lowest BCUT2D eigenvalue weighted by Crippen LogP contribution is -2.03. The fourth-order valence-electron chi connectivity index (χ4n) is 1.47. The first-order valence-electron chi connectivity index (χ1n) is 4.79. The molecule has 0 bridgehead atoms. The summed E-state index contributed by atoms with van der Waals surface area (Å²) in [5.41, 5.74) is 2.05. The molecule has 0 radical (unpaired) electrons. The van der Waals surface area contributed by atoms with Crippen molar-refractivity contribution in [2.45, 2.75) is 13.0 Å². The molecular weight excluding hydrogens is 305 g/mol. The SMILES string of the molecule is COCCCn1nnc2cc(I)ccc21. The molecule has 0 N–H and O–H groups in total. The maximum atomic E-state index is 5.01. The molecule has 4 nitrogen and oxygen atoms in total. The molecule has 0 aliphatic rings. The summed E-state index contributed by atoms with van der Waals surface area (Å²) in [7, 11) is 1.71. The Bertz CT molecular complexity index is 455. The van der Waals surface area contributed by atoms with Gasteiger partial charge in [0.15, 0.2) is 0 Å². The molecular formula is C10H12IN3O. The molecule has 0 aliphatic carbocycles. The van der Waals surface area contributed by atoms with E-state index in [-0.39, 0.29) is 0 Å². The van der Waals surface area contributed by atoms with Crippen LogP contribution < -0.4 is 0 Å². The van der Waals surface area contributed by atoms with Crippen LogP contribution in [0.15, 0.2) is 18.2 Å².